The lowest BCUT2D eigenvalue weighted by Crippen LogP contribution is -2.18. The molecule has 0 radical (unpaired) electrons. The molecule has 0 atom stereocenters. The van der Waals surface area contributed by atoms with Gasteiger partial charge in [-0.15, -0.1) is 0 Å². The smallest absolute Gasteiger partial charge is 0.267 e. The molecule has 2 aromatic carbocycles. The van der Waals surface area contributed by atoms with Gasteiger partial charge in [0.05, 0.1) is 0 Å². The lowest BCUT2D eigenvalue weighted by Gasteiger charge is -2.06. The third-order valence-corrected chi connectivity index (χ3v) is 3.42. The average molecular weight is 321 g/mol. The molecule has 0 spiro atoms. The first-order valence-corrected chi connectivity index (χ1v) is 7.58. The van der Waals surface area contributed by atoms with Gasteiger partial charge in [0.25, 0.3) is 5.91 Å². The number of nitrogens with zero attached hydrogens (tertiary/aromatic N) is 1. The Hall–Kier alpha value is -3.26. The summed E-state index contributed by atoms with van der Waals surface area (Å²) in [5.74, 6) is -0.218. The summed E-state index contributed by atoms with van der Waals surface area (Å²) in [5, 5.41) is 24.0. The molecule has 122 valence electrons. The second-order valence-corrected chi connectivity index (χ2v) is 5.36. The van der Waals surface area contributed by atoms with E-state index in [2.05, 4.69) is 10.6 Å². The Morgan fingerprint density at radius 3 is 2.46 bits per heavy atom. The fraction of sp³-hybridized carbons (Fsp3) is 0.158. The number of phenolic OH excluding ortho intramolecular Hbond substituents is 1. The lowest BCUT2D eigenvalue weighted by atomic mass is 10.1. The van der Waals surface area contributed by atoms with Gasteiger partial charge in [0.2, 0.25) is 0 Å². The third-order valence-electron chi connectivity index (χ3n) is 3.42. The van der Waals surface area contributed by atoms with E-state index in [-0.39, 0.29) is 11.3 Å². The number of phenols is 1. The van der Waals surface area contributed by atoms with Gasteiger partial charge in [0.15, 0.2) is 0 Å². The number of anilines is 1. The second-order valence-electron chi connectivity index (χ2n) is 5.36. The van der Waals surface area contributed by atoms with Gasteiger partial charge in [-0.3, -0.25) is 4.79 Å². The molecule has 0 bridgehead atoms. The second kappa shape index (κ2) is 8.39. The number of aromatic hydroxyl groups is 1. The summed E-state index contributed by atoms with van der Waals surface area (Å²) in [4.78, 5) is 12.1. The minimum Gasteiger partial charge on any atom is -0.508 e. The van der Waals surface area contributed by atoms with E-state index in [9.17, 15) is 9.90 Å². The molecule has 0 heterocycles. The van der Waals surface area contributed by atoms with Crippen LogP contribution in [0.5, 0.6) is 5.75 Å². The Bertz CT molecular complexity index is 757. The van der Waals surface area contributed by atoms with E-state index in [1.807, 2.05) is 37.3 Å². The molecule has 24 heavy (non-hydrogen) atoms. The maximum Gasteiger partial charge on any atom is 0.267 e. The first-order chi connectivity index (χ1) is 11.6. The van der Waals surface area contributed by atoms with Gasteiger partial charge in [0, 0.05) is 18.4 Å². The van der Waals surface area contributed by atoms with Crippen molar-refractivity contribution in [2.24, 2.45) is 0 Å². The van der Waals surface area contributed by atoms with Crippen molar-refractivity contribution in [1.29, 1.82) is 5.26 Å². The normalized spacial score (nSPS) is 10.8. The number of nitriles is 1. The van der Waals surface area contributed by atoms with E-state index in [4.69, 9.17) is 5.26 Å². The zero-order chi connectivity index (χ0) is 17.4. The van der Waals surface area contributed by atoms with E-state index < -0.39 is 5.91 Å². The molecule has 0 saturated carbocycles. The van der Waals surface area contributed by atoms with Crippen LogP contribution in [0.3, 0.4) is 0 Å². The summed E-state index contributed by atoms with van der Waals surface area (Å²) < 4.78 is 0. The van der Waals surface area contributed by atoms with Gasteiger partial charge >= 0.3 is 0 Å². The SMILES string of the molecule is Cc1ccc(NC(=O)/C(C#N)=C\NCCc2ccc(O)cc2)cc1. The molecule has 0 unspecified atom stereocenters. The number of rotatable bonds is 6. The summed E-state index contributed by atoms with van der Waals surface area (Å²) in [6, 6.07) is 16.2. The lowest BCUT2D eigenvalue weighted by molar-refractivity contribution is -0.112. The fourth-order valence-corrected chi connectivity index (χ4v) is 2.04. The standard InChI is InChI=1S/C19H19N3O2/c1-14-2-6-17(7-3-14)22-19(24)16(12-20)13-21-11-10-15-4-8-18(23)9-5-15/h2-9,13,21,23H,10-11H2,1H3,(H,22,24)/b16-13-. The molecule has 0 aliphatic carbocycles. The molecule has 0 aromatic heterocycles. The van der Waals surface area contributed by atoms with Crippen molar-refractivity contribution >= 4 is 11.6 Å². The van der Waals surface area contributed by atoms with Crippen molar-refractivity contribution in [3.05, 3.63) is 71.4 Å². The van der Waals surface area contributed by atoms with Crippen LogP contribution in [0.25, 0.3) is 0 Å². The Labute approximate surface area is 141 Å². The van der Waals surface area contributed by atoms with Crippen molar-refractivity contribution in [1.82, 2.24) is 5.32 Å². The largest absolute Gasteiger partial charge is 0.508 e. The summed E-state index contributed by atoms with van der Waals surface area (Å²) in [6.45, 7) is 2.54. The van der Waals surface area contributed by atoms with Gasteiger partial charge in [-0.25, -0.2) is 0 Å². The number of carbonyl (C=O) groups excluding carboxylic acids is 1. The number of hydrogen-bond donors (Lipinski definition) is 3. The van der Waals surface area contributed by atoms with E-state index in [1.54, 1.807) is 24.3 Å². The van der Waals surface area contributed by atoms with Crippen LogP contribution in [0, 0.1) is 18.3 Å². The Morgan fingerprint density at radius 2 is 1.83 bits per heavy atom. The quantitative estimate of drug-likeness (QED) is 0.434. The fourth-order valence-electron chi connectivity index (χ4n) is 2.04. The van der Waals surface area contributed by atoms with Crippen LogP contribution in [-0.4, -0.2) is 17.6 Å². The van der Waals surface area contributed by atoms with Crippen molar-refractivity contribution in [3.8, 4) is 11.8 Å². The van der Waals surface area contributed by atoms with E-state index in [0.29, 0.717) is 12.2 Å². The number of aryl methyl sites for hydroxylation is 1. The van der Waals surface area contributed by atoms with Crippen molar-refractivity contribution < 1.29 is 9.90 Å². The molecule has 5 heteroatoms. The topological polar surface area (TPSA) is 85.2 Å². The molecule has 0 aliphatic heterocycles. The number of nitrogens with one attached hydrogen (secondary N) is 2. The summed E-state index contributed by atoms with van der Waals surface area (Å²) in [5.41, 5.74) is 2.81. The molecular weight excluding hydrogens is 302 g/mol. The van der Waals surface area contributed by atoms with Crippen LogP contribution in [0.15, 0.2) is 60.3 Å². The molecule has 0 fully saturated rings. The molecule has 2 rings (SSSR count). The maximum absolute atomic E-state index is 12.1. The highest BCUT2D eigenvalue weighted by Gasteiger charge is 2.08. The molecule has 0 aliphatic rings. The van der Waals surface area contributed by atoms with E-state index in [0.717, 1.165) is 17.5 Å². The van der Waals surface area contributed by atoms with E-state index in [1.165, 1.54) is 6.20 Å². The highest BCUT2D eigenvalue weighted by molar-refractivity contribution is 6.06. The maximum atomic E-state index is 12.1. The minimum absolute atomic E-state index is 0.0151. The number of hydrogen-bond acceptors (Lipinski definition) is 4. The molecular formula is C19H19N3O2. The van der Waals surface area contributed by atoms with Crippen LogP contribution >= 0.6 is 0 Å². The van der Waals surface area contributed by atoms with Crippen LogP contribution in [0.1, 0.15) is 11.1 Å². The van der Waals surface area contributed by atoms with Gasteiger partial charge in [-0.05, 0) is 43.2 Å². The summed E-state index contributed by atoms with van der Waals surface area (Å²) >= 11 is 0. The average Bonchev–Trinajstić information content (AvgIpc) is 2.58. The number of amides is 1. The monoisotopic (exact) mass is 321 g/mol. The predicted molar refractivity (Wildman–Crippen MR) is 93.3 cm³/mol. The zero-order valence-corrected chi connectivity index (χ0v) is 13.4. The summed E-state index contributed by atoms with van der Waals surface area (Å²) in [6.07, 6.45) is 2.14. The van der Waals surface area contributed by atoms with Crippen molar-refractivity contribution in [3.63, 3.8) is 0 Å². The minimum atomic E-state index is -0.446. The molecule has 1 amide bonds. The van der Waals surface area contributed by atoms with Crippen LogP contribution in [0.4, 0.5) is 5.69 Å². The van der Waals surface area contributed by atoms with Crippen LogP contribution < -0.4 is 10.6 Å². The van der Waals surface area contributed by atoms with Crippen molar-refractivity contribution in [2.75, 3.05) is 11.9 Å². The Kier molecular flexibility index (Phi) is 5.98. The van der Waals surface area contributed by atoms with Gasteiger partial charge < -0.3 is 15.7 Å². The molecule has 5 nitrogen and oxygen atoms in total. The molecule has 3 N–H and O–H groups in total. The first-order valence-electron chi connectivity index (χ1n) is 7.58. The van der Waals surface area contributed by atoms with Crippen molar-refractivity contribution in [2.45, 2.75) is 13.3 Å². The zero-order valence-electron chi connectivity index (χ0n) is 13.4. The summed E-state index contributed by atoms with van der Waals surface area (Å²) in [7, 11) is 0. The third kappa shape index (κ3) is 5.18. The van der Waals surface area contributed by atoms with E-state index >= 15 is 0 Å². The highest BCUT2D eigenvalue weighted by atomic mass is 16.3. The molecule has 2 aromatic rings. The van der Waals surface area contributed by atoms with Gasteiger partial charge in [0.1, 0.15) is 17.4 Å². The highest BCUT2D eigenvalue weighted by Crippen LogP contribution is 2.11. The molecule has 0 saturated heterocycles. The Morgan fingerprint density at radius 1 is 1.17 bits per heavy atom. The van der Waals surface area contributed by atoms with Gasteiger partial charge in [-0.2, -0.15) is 5.26 Å². The van der Waals surface area contributed by atoms with Crippen LogP contribution in [0.2, 0.25) is 0 Å². The van der Waals surface area contributed by atoms with Gasteiger partial charge in [-0.1, -0.05) is 29.8 Å². The Balaban J connectivity index is 1.86. The van der Waals surface area contributed by atoms with Crippen LogP contribution in [-0.2, 0) is 11.2 Å². The number of benzene rings is 2. The first kappa shape index (κ1) is 17.1. The predicted octanol–water partition coefficient (Wildman–Crippen LogP) is 2.88. The number of carbonyl (C=O) groups is 1.